The molecule has 1 aliphatic carbocycles. The molecule has 5 aromatic rings. The fourth-order valence-electron chi connectivity index (χ4n) is 5.54. The van der Waals surface area contributed by atoms with E-state index in [1.165, 1.54) is 49.9 Å². The molecule has 1 N–H and O–H groups in total. The molecule has 5 aromatic carbocycles. The largest absolute Gasteiger partial charge is 0.300 e. The molecule has 0 atom stereocenters. The van der Waals surface area contributed by atoms with Crippen LogP contribution in [0.15, 0.2) is 91.0 Å². The van der Waals surface area contributed by atoms with Crippen LogP contribution >= 0.6 is 0 Å². The first kappa shape index (κ1) is 20.6. The van der Waals surface area contributed by atoms with Crippen LogP contribution in [0.1, 0.15) is 38.9 Å². The van der Waals surface area contributed by atoms with E-state index in [9.17, 15) is 5.41 Å². The van der Waals surface area contributed by atoms with E-state index in [0.717, 1.165) is 28.5 Å². The molecule has 0 amide bonds. The summed E-state index contributed by atoms with van der Waals surface area (Å²) in [5.74, 6) is 0. The monoisotopic (exact) mass is 437 g/mol. The summed E-state index contributed by atoms with van der Waals surface area (Å²) in [5, 5.41) is 11.8. The topological polar surface area (TPSA) is 23.9 Å². The molecule has 164 valence electrons. The minimum atomic E-state index is 0.598. The summed E-state index contributed by atoms with van der Waals surface area (Å²) < 4.78 is 0. The van der Waals surface area contributed by atoms with Crippen molar-refractivity contribution in [1.29, 1.82) is 5.41 Å². The Bertz CT molecular complexity index is 1620. The number of fused-ring (bicyclic) bond motifs is 4. The van der Waals surface area contributed by atoms with Gasteiger partial charge in [0.25, 0.3) is 0 Å². The molecule has 0 aliphatic heterocycles. The first-order valence-electron chi connectivity index (χ1n) is 11.9. The van der Waals surface area contributed by atoms with Crippen molar-refractivity contribution in [1.82, 2.24) is 0 Å². The molecular weight excluding hydrogens is 410 g/mol. The van der Waals surface area contributed by atoms with Gasteiger partial charge in [-0.2, -0.15) is 0 Å². The zero-order valence-corrected chi connectivity index (χ0v) is 19.9. The van der Waals surface area contributed by atoms with E-state index < -0.39 is 0 Å². The molecule has 1 nitrogen and oxygen atoms in total. The Morgan fingerprint density at radius 2 is 1.32 bits per heavy atom. The summed E-state index contributed by atoms with van der Waals surface area (Å²) in [7, 11) is 0. The van der Waals surface area contributed by atoms with Gasteiger partial charge in [-0.1, -0.05) is 91.0 Å². The molecule has 0 bridgehead atoms. The zero-order chi connectivity index (χ0) is 23.4. The van der Waals surface area contributed by atoms with Crippen molar-refractivity contribution < 1.29 is 0 Å². The van der Waals surface area contributed by atoms with Gasteiger partial charge in [-0.3, -0.25) is 5.41 Å². The third kappa shape index (κ3) is 3.04. The minimum absolute atomic E-state index is 0.598. The highest BCUT2D eigenvalue weighted by Gasteiger charge is 2.24. The van der Waals surface area contributed by atoms with Crippen LogP contribution in [0.3, 0.4) is 0 Å². The lowest BCUT2D eigenvalue weighted by Crippen LogP contribution is -2.09. The molecule has 0 heterocycles. The van der Waals surface area contributed by atoms with Crippen molar-refractivity contribution in [3.63, 3.8) is 0 Å². The van der Waals surface area contributed by atoms with Crippen molar-refractivity contribution in [3.8, 4) is 22.3 Å². The van der Waals surface area contributed by atoms with Gasteiger partial charge in [0.1, 0.15) is 0 Å². The second-order valence-corrected chi connectivity index (χ2v) is 9.43. The lowest BCUT2D eigenvalue weighted by Gasteiger charge is -2.19. The Hall–Kier alpha value is -3.97. The number of hydrogen-bond acceptors (Lipinski definition) is 1. The zero-order valence-electron chi connectivity index (χ0n) is 19.9. The lowest BCUT2D eigenvalue weighted by atomic mass is 9.84. The van der Waals surface area contributed by atoms with E-state index in [1.54, 1.807) is 0 Å². The highest BCUT2D eigenvalue weighted by Crippen LogP contribution is 2.43. The Morgan fingerprint density at radius 1 is 0.618 bits per heavy atom. The number of benzene rings is 5. The number of hydrogen-bond donors (Lipinski definition) is 1. The third-order valence-electron chi connectivity index (χ3n) is 7.65. The maximum Gasteiger partial charge on any atom is 0.0699 e. The number of nitrogens with one attached hydrogen (secondary N) is 1. The second kappa shape index (κ2) is 7.81. The van der Waals surface area contributed by atoms with Gasteiger partial charge in [-0.05, 0) is 88.0 Å². The van der Waals surface area contributed by atoms with Crippen LogP contribution in [0, 0.1) is 26.2 Å². The summed E-state index contributed by atoms with van der Waals surface area (Å²) >= 11 is 0. The summed E-state index contributed by atoms with van der Waals surface area (Å²) in [6, 6.07) is 32.5. The quantitative estimate of drug-likeness (QED) is 0.269. The highest BCUT2D eigenvalue weighted by molar-refractivity contribution is 6.22. The van der Waals surface area contributed by atoms with Crippen LogP contribution in [-0.4, -0.2) is 5.71 Å². The van der Waals surface area contributed by atoms with Gasteiger partial charge in [-0.25, -0.2) is 0 Å². The molecule has 0 radical (unpaired) electrons. The number of aryl methyl sites for hydroxylation is 1. The molecule has 0 saturated heterocycles. The molecule has 1 aliphatic rings. The minimum Gasteiger partial charge on any atom is -0.300 e. The van der Waals surface area contributed by atoms with E-state index in [2.05, 4.69) is 112 Å². The van der Waals surface area contributed by atoms with Gasteiger partial charge in [0, 0.05) is 11.1 Å². The van der Waals surface area contributed by atoms with E-state index in [-0.39, 0.29) is 0 Å². The summed E-state index contributed by atoms with van der Waals surface area (Å²) in [6.45, 7) is 6.45. The Morgan fingerprint density at radius 3 is 2.18 bits per heavy atom. The summed E-state index contributed by atoms with van der Waals surface area (Å²) in [4.78, 5) is 0. The van der Waals surface area contributed by atoms with Gasteiger partial charge in [0.2, 0.25) is 0 Å². The molecule has 6 rings (SSSR count). The molecule has 34 heavy (non-hydrogen) atoms. The Balaban J connectivity index is 1.63. The molecule has 0 saturated carbocycles. The standard InChI is InChI=1S/C33H27N/c1-20-15-17-25(22(3)21(20)2)33(34)32-27-12-7-4-9-23(27)16-18-30(32)29-14-8-13-28-26-11-6-5-10-24(26)19-31(28)29/h4-18,34H,19H2,1-3H3. The van der Waals surface area contributed by atoms with Crippen molar-refractivity contribution >= 4 is 16.5 Å². The first-order valence-corrected chi connectivity index (χ1v) is 11.9. The lowest BCUT2D eigenvalue weighted by molar-refractivity contribution is 1.25. The van der Waals surface area contributed by atoms with Crippen LogP contribution in [0.2, 0.25) is 0 Å². The molecule has 0 spiro atoms. The maximum atomic E-state index is 9.48. The van der Waals surface area contributed by atoms with Crippen LogP contribution in [-0.2, 0) is 6.42 Å². The van der Waals surface area contributed by atoms with E-state index in [0.29, 0.717) is 5.71 Å². The van der Waals surface area contributed by atoms with Gasteiger partial charge in [-0.15, -0.1) is 0 Å². The maximum absolute atomic E-state index is 9.48. The predicted octanol–water partition coefficient (Wildman–Crippen LogP) is 8.42. The fraction of sp³-hybridized carbons (Fsp3) is 0.121. The molecule has 1 heteroatoms. The Labute approximate surface area is 201 Å². The van der Waals surface area contributed by atoms with E-state index >= 15 is 0 Å². The van der Waals surface area contributed by atoms with Crippen molar-refractivity contribution in [3.05, 3.63) is 130 Å². The predicted molar refractivity (Wildman–Crippen MR) is 144 cm³/mol. The van der Waals surface area contributed by atoms with E-state index in [1.807, 2.05) is 0 Å². The number of rotatable bonds is 3. The van der Waals surface area contributed by atoms with E-state index in [4.69, 9.17) is 0 Å². The second-order valence-electron chi connectivity index (χ2n) is 9.43. The smallest absolute Gasteiger partial charge is 0.0699 e. The van der Waals surface area contributed by atoms with Gasteiger partial charge in [0.15, 0.2) is 0 Å². The molecule has 0 unspecified atom stereocenters. The van der Waals surface area contributed by atoms with Gasteiger partial charge < -0.3 is 0 Å². The van der Waals surface area contributed by atoms with Crippen LogP contribution in [0.5, 0.6) is 0 Å². The van der Waals surface area contributed by atoms with Crippen LogP contribution < -0.4 is 0 Å². The molecule has 0 aromatic heterocycles. The van der Waals surface area contributed by atoms with Crippen molar-refractivity contribution in [2.24, 2.45) is 0 Å². The third-order valence-corrected chi connectivity index (χ3v) is 7.65. The molecule has 0 fully saturated rings. The molecular formula is C33H27N. The summed E-state index contributed by atoms with van der Waals surface area (Å²) in [6.07, 6.45) is 0.934. The fourth-order valence-corrected chi connectivity index (χ4v) is 5.54. The summed E-state index contributed by atoms with van der Waals surface area (Å²) in [5.41, 5.74) is 14.1. The van der Waals surface area contributed by atoms with Gasteiger partial charge in [0.05, 0.1) is 5.71 Å². The van der Waals surface area contributed by atoms with Crippen LogP contribution in [0.25, 0.3) is 33.0 Å². The van der Waals surface area contributed by atoms with Crippen molar-refractivity contribution in [2.45, 2.75) is 27.2 Å². The van der Waals surface area contributed by atoms with Crippen LogP contribution in [0.4, 0.5) is 0 Å². The average Bonchev–Trinajstić information content (AvgIpc) is 3.25. The SMILES string of the molecule is Cc1ccc(C(=N)c2c(-c3cccc4c3Cc3ccccc3-4)ccc3ccccc23)c(C)c1C. The van der Waals surface area contributed by atoms with Crippen molar-refractivity contribution in [2.75, 3.05) is 0 Å². The average molecular weight is 438 g/mol. The highest BCUT2D eigenvalue weighted by atomic mass is 14.4. The first-order chi connectivity index (χ1) is 16.5. The van der Waals surface area contributed by atoms with Gasteiger partial charge >= 0.3 is 0 Å². The Kier molecular flexibility index (Phi) is 4.74. The normalized spacial score (nSPS) is 12.0.